The molecule has 1 saturated heterocycles. The van der Waals surface area contributed by atoms with E-state index in [4.69, 9.17) is 10.5 Å². The fourth-order valence-electron chi connectivity index (χ4n) is 6.49. The highest BCUT2D eigenvalue weighted by molar-refractivity contribution is 5.13. The van der Waals surface area contributed by atoms with Crippen LogP contribution in [0.4, 0.5) is 0 Å². The normalized spacial score (nSPS) is 51.6. The van der Waals surface area contributed by atoms with Crippen molar-refractivity contribution in [1.29, 1.82) is 0 Å². The number of piperidine rings is 1. The Balaban J connectivity index is 1.62. The zero-order valence-electron chi connectivity index (χ0n) is 12.9. The van der Waals surface area contributed by atoms with E-state index in [0.29, 0.717) is 11.6 Å². The molecule has 5 aliphatic rings. The highest BCUT2D eigenvalue weighted by Crippen LogP contribution is 2.60. The predicted octanol–water partition coefficient (Wildman–Crippen LogP) is 2.25. The van der Waals surface area contributed by atoms with Crippen molar-refractivity contribution in [3.05, 3.63) is 0 Å². The Morgan fingerprint density at radius 3 is 2.30 bits per heavy atom. The Bertz CT molecular complexity index is 342. The summed E-state index contributed by atoms with van der Waals surface area (Å²) in [6, 6.07) is 0. The van der Waals surface area contributed by atoms with E-state index >= 15 is 0 Å². The maximum absolute atomic E-state index is 6.42. The van der Waals surface area contributed by atoms with Crippen molar-refractivity contribution >= 4 is 0 Å². The number of hydrogen-bond donors (Lipinski definition) is 1. The van der Waals surface area contributed by atoms with E-state index in [1.807, 2.05) is 7.11 Å². The van der Waals surface area contributed by atoms with E-state index in [1.165, 1.54) is 51.5 Å². The molecule has 5 rings (SSSR count). The molecule has 2 N–H and O–H groups in total. The smallest absolute Gasteiger partial charge is 0.0698 e. The van der Waals surface area contributed by atoms with Crippen LogP contribution in [-0.2, 0) is 4.74 Å². The van der Waals surface area contributed by atoms with E-state index in [-0.39, 0.29) is 0 Å². The van der Waals surface area contributed by atoms with Crippen molar-refractivity contribution in [1.82, 2.24) is 4.90 Å². The van der Waals surface area contributed by atoms with Gasteiger partial charge in [-0.3, -0.25) is 4.90 Å². The first-order valence-corrected chi connectivity index (χ1v) is 8.74. The van der Waals surface area contributed by atoms with Gasteiger partial charge in [0.25, 0.3) is 0 Å². The molecule has 0 aromatic rings. The average Bonchev–Trinajstić information content (AvgIpc) is 2.47. The minimum Gasteiger partial charge on any atom is -0.380 e. The average molecular weight is 278 g/mol. The van der Waals surface area contributed by atoms with Crippen LogP contribution in [0.25, 0.3) is 0 Å². The largest absolute Gasteiger partial charge is 0.380 e. The molecule has 0 aromatic carbocycles. The Kier molecular flexibility index (Phi) is 3.36. The summed E-state index contributed by atoms with van der Waals surface area (Å²) in [6.07, 6.45) is 10.3. The molecule has 5 fully saturated rings. The maximum Gasteiger partial charge on any atom is 0.0698 e. The predicted molar refractivity (Wildman–Crippen MR) is 80.4 cm³/mol. The van der Waals surface area contributed by atoms with Gasteiger partial charge in [0.1, 0.15) is 0 Å². The van der Waals surface area contributed by atoms with E-state index in [0.717, 1.165) is 36.8 Å². The second-order valence-corrected chi connectivity index (χ2v) is 7.95. The van der Waals surface area contributed by atoms with Gasteiger partial charge in [0.2, 0.25) is 0 Å². The van der Waals surface area contributed by atoms with Crippen molar-refractivity contribution in [3.8, 4) is 0 Å². The topological polar surface area (TPSA) is 38.5 Å². The first kappa shape index (κ1) is 13.5. The third kappa shape index (κ3) is 1.82. The Morgan fingerprint density at radius 2 is 1.75 bits per heavy atom. The summed E-state index contributed by atoms with van der Waals surface area (Å²) in [5, 5.41) is 0. The lowest BCUT2D eigenvalue weighted by Crippen LogP contribution is -2.70. The van der Waals surface area contributed by atoms with Crippen molar-refractivity contribution < 1.29 is 4.74 Å². The van der Waals surface area contributed by atoms with Crippen LogP contribution in [0, 0.1) is 23.7 Å². The summed E-state index contributed by atoms with van der Waals surface area (Å²) >= 11 is 0. The molecule has 0 spiro atoms. The van der Waals surface area contributed by atoms with Gasteiger partial charge in [-0.2, -0.15) is 0 Å². The lowest BCUT2D eigenvalue weighted by molar-refractivity contribution is -0.148. The van der Waals surface area contributed by atoms with Gasteiger partial charge in [0, 0.05) is 25.7 Å². The fourth-order valence-corrected chi connectivity index (χ4v) is 6.49. The van der Waals surface area contributed by atoms with E-state index < -0.39 is 0 Å². The van der Waals surface area contributed by atoms with Crippen molar-refractivity contribution in [2.45, 2.75) is 56.6 Å². The zero-order chi connectivity index (χ0) is 13.7. The second-order valence-electron chi connectivity index (χ2n) is 7.95. The third-order valence-corrected chi connectivity index (χ3v) is 7.18. The van der Waals surface area contributed by atoms with E-state index in [9.17, 15) is 0 Å². The van der Waals surface area contributed by atoms with Gasteiger partial charge in [-0.15, -0.1) is 0 Å². The standard InChI is InChI=1S/C17H30N2O/c1-20-16-3-2-4-19(10-16)17(11-18)14-6-12-5-13(8-14)9-15(17)7-12/h12-16H,2-11,18H2,1H3. The molecular weight excluding hydrogens is 248 g/mol. The summed E-state index contributed by atoms with van der Waals surface area (Å²) in [5.74, 6) is 3.80. The van der Waals surface area contributed by atoms with Gasteiger partial charge in [0.15, 0.2) is 0 Å². The van der Waals surface area contributed by atoms with E-state index in [2.05, 4.69) is 4.90 Å². The Hall–Kier alpha value is -0.120. The Labute approximate surface area is 123 Å². The molecule has 1 unspecified atom stereocenters. The fraction of sp³-hybridized carbons (Fsp3) is 1.00. The van der Waals surface area contributed by atoms with Crippen molar-refractivity contribution in [2.24, 2.45) is 29.4 Å². The number of nitrogens with zero attached hydrogens (tertiary/aromatic N) is 1. The molecule has 114 valence electrons. The Morgan fingerprint density at radius 1 is 1.10 bits per heavy atom. The lowest BCUT2D eigenvalue weighted by atomic mass is 9.48. The highest BCUT2D eigenvalue weighted by Gasteiger charge is 2.59. The first-order chi connectivity index (χ1) is 9.76. The van der Waals surface area contributed by atoms with Crippen LogP contribution in [0.3, 0.4) is 0 Å². The van der Waals surface area contributed by atoms with Gasteiger partial charge >= 0.3 is 0 Å². The van der Waals surface area contributed by atoms with Crippen LogP contribution in [0.1, 0.15) is 44.9 Å². The molecule has 4 bridgehead atoms. The molecule has 1 atom stereocenters. The van der Waals surface area contributed by atoms with E-state index in [1.54, 1.807) is 0 Å². The number of likely N-dealkylation sites (tertiary alicyclic amines) is 1. The van der Waals surface area contributed by atoms with Gasteiger partial charge in [-0.1, -0.05) is 0 Å². The number of nitrogens with two attached hydrogens (primary N) is 1. The van der Waals surface area contributed by atoms with Gasteiger partial charge < -0.3 is 10.5 Å². The van der Waals surface area contributed by atoms with Crippen molar-refractivity contribution in [3.63, 3.8) is 0 Å². The monoisotopic (exact) mass is 278 g/mol. The molecule has 3 nitrogen and oxygen atoms in total. The molecule has 4 saturated carbocycles. The molecule has 0 amide bonds. The molecule has 1 aliphatic heterocycles. The molecule has 0 radical (unpaired) electrons. The first-order valence-electron chi connectivity index (χ1n) is 8.74. The summed E-state index contributed by atoms with van der Waals surface area (Å²) in [7, 11) is 1.88. The van der Waals surface area contributed by atoms with Crippen LogP contribution in [0.2, 0.25) is 0 Å². The van der Waals surface area contributed by atoms with Crippen LogP contribution in [0.15, 0.2) is 0 Å². The summed E-state index contributed by atoms with van der Waals surface area (Å²) < 4.78 is 5.67. The quantitative estimate of drug-likeness (QED) is 0.860. The molecule has 1 heterocycles. The zero-order valence-corrected chi connectivity index (χ0v) is 12.9. The van der Waals surface area contributed by atoms with Crippen LogP contribution in [0.5, 0.6) is 0 Å². The number of hydrogen-bond acceptors (Lipinski definition) is 3. The maximum atomic E-state index is 6.42. The van der Waals surface area contributed by atoms with Gasteiger partial charge in [-0.25, -0.2) is 0 Å². The molecule has 3 heteroatoms. The number of rotatable bonds is 3. The molecular formula is C17H30N2O. The highest BCUT2D eigenvalue weighted by atomic mass is 16.5. The molecule has 4 aliphatic carbocycles. The van der Waals surface area contributed by atoms with Crippen LogP contribution in [-0.4, -0.2) is 43.3 Å². The third-order valence-electron chi connectivity index (χ3n) is 7.18. The minimum absolute atomic E-state index is 0.324. The molecule has 20 heavy (non-hydrogen) atoms. The number of ether oxygens (including phenoxy) is 1. The minimum atomic E-state index is 0.324. The van der Waals surface area contributed by atoms with Crippen LogP contribution < -0.4 is 5.73 Å². The lowest BCUT2D eigenvalue weighted by Gasteiger charge is -2.65. The summed E-state index contributed by atoms with van der Waals surface area (Å²) in [6.45, 7) is 3.24. The summed E-state index contributed by atoms with van der Waals surface area (Å²) in [5.41, 5.74) is 6.75. The number of methoxy groups -OCH3 is 1. The van der Waals surface area contributed by atoms with Gasteiger partial charge in [-0.05, 0) is 75.2 Å². The SMILES string of the molecule is COC1CCCN(C2(CN)C3CC4CC(C3)CC2C4)C1. The van der Waals surface area contributed by atoms with Gasteiger partial charge in [0.05, 0.1) is 6.10 Å². The van der Waals surface area contributed by atoms with Crippen LogP contribution >= 0.6 is 0 Å². The van der Waals surface area contributed by atoms with Crippen molar-refractivity contribution in [2.75, 3.05) is 26.7 Å². The molecule has 0 aromatic heterocycles. The second kappa shape index (κ2) is 4.96. The summed E-state index contributed by atoms with van der Waals surface area (Å²) in [4.78, 5) is 2.78.